The van der Waals surface area contributed by atoms with Crippen LogP contribution in [-0.2, 0) is 18.4 Å². The molecular weight excluding hydrogens is 880 g/mol. The van der Waals surface area contributed by atoms with Crippen molar-refractivity contribution in [1.29, 1.82) is 0 Å². The van der Waals surface area contributed by atoms with Gasteiger partial charge in [-0.1, -0.05) is 263 Å². The van der Waals surface area contributed by atoms with E-state index in [1.165, 1.54) is 218 Å². The van der Waals surface area contributed by atoms with Gasteiger partial charge in [0.05, 0.1) is 39.9 Å². The van der Waals surface area contributed by atoms with Gasteiger partial charge in [-0.25, -0.2) is 4.57 Å². The molecule has 4 atom stereocenters. The van der Waals surface area contributed by atoms with E-state index in [9.17, 15) is 24.5 Å². The van der Waals surface area contributed by atoms with Crippen LogP contribution in [0.4, 0.5) is 0 Å². The van der Waals surface area contributed by atoms with Crippen LogP contribution < -0.4 is 5.32 Å². The Morgan fingerprint density at radius 3 is 1.23 bits per heavy atom. The standard InChI is InChI=1S/C59H117N2O7P/c1-6-8-10-12-14-16-18-20-21-22-23-24-25-26-27-28-29-30-31-32-33-34-35-36-37-38-39-40-42-44-46-48-50-52-58(63)60-56(55-68-69(65,66)67-54-53-61(3,4)5)59(64)57(62)51-49-47-45-43-41-19-17-15-13-11-9-7-2/h18,20,22-23,56-57,59,62,64H,6-17,19,21,24-55H2,1-5H3,(H-,60,63,65,66)/p+1/b20-18-,23-22-. The van der Waals surface area contributed by atoms with Crippen LogP contribution in [0.15, 0.2) is 24.3 Å². The molecule has 0 saturated carbocycles. The number of allylic oxidation sites excluding steroid dienone is 4. The molecule has 0 aromatic carbocycles. The fourth-order valence-electron chi connectivity index (χ4n) is 9.06. The van der Waals surface area contributed by atoms with Gasteiger partial charge in [0.2, 0.25) is 5.91 Å². The molecule has 0 aliphatic carbocycles. The highest BCUT2D eigenvalue weighted by Gasteiger charge is 2.32. The third-order valence-electron chi connectivity index (χ3n) is 13.8. The Kier molecular flexibility index (Phi) is 49.7. The first-order valence-corrected chi connectivity index (χ1v) is 31.3. The SMILES string of the molecule is CCCCCCC/C=C\C/C=C\CCCCCCCCCCCCCCCCCCCCCCCC(=O)NC(COP(=O)(O)OCC[N+](C)(C)C)C(O)C(O)CCCCCCCCCCCCCC. The van der Waals surface area contributed by atoms with Crippen molar-refractivity contribution in [1.82, 2.24) is 5.32 Å². The number of amides is 1. The summed E-state index contributed by atoms with van der Waals surface area (Å²) in [5, 5.41) is 24.8. The Morgan fingerprint density at radius 2 is 0.855 bits per heavy atom. The number of phosphoric acid groups is 1. The predicted molar refractivity (Wildman–Crippen MR) is 297 cm³/mol. The van der Waals surface area contributed by atoms with Crippen LogP contribution in [0.5, 0.6) is 0 Å². The Bertz CT molecular complexity index is 1190. The number of hydrogen-bond donors (Lipinski definition) is 4. The Balaban J connectivity index is 4.03. The first-order chi connectivity index (χ1) is 33.4. The maximum Gasteiger partial charge on any atom is 0.472 e. The molecule has 4 N–H and O–H groups in total. The van der Waals surface area contributed by atoms with E-state index < -0.39 is 32.7 Å². The molecule has 10 heteroatoms. The molecule has 410 valence electrons. The summed E-state index contributed by atoms with van der Waals surface area (Å²) in [6.45, 7) is 4.62. The van der Waals surface area contributed by atoms with Crippen molar-refractivity contribution in [2.24, 2.45) is 0 Å². The van der Waals surface area contributed by atoms with Gasteiger partial charge in [-0.2, -0.15) is 0 Å². The second-order valence-corrected chi connectivity index (χ2v) is 23.3. The van der Waals surface area contributed by atoms with Gasteiger partial charge in [-0.3, -0.25) is 13.8 Å². The molecule has 0 aromatic rings. The van der Waals surface area contributed by atoms with E-state index in [0.717, 1.165) is 44.9 Å². The number of carbonyl (C=O) groups excluding carboxylic acids is 1. The number of aliphatic hydroxyl groups excluding tert-OH is 2. The van der Waals surface area contributed by atoms with E-state index in [4.69, 9.17) is 9.05 Å². The fraction of sp³-hybridized carbons (Fsp3) is 0.915. The van der Waals surface area contributed by atoms with Crippen molar-refractivity contribution >= 4 is 13.7 Å². The van der Waals surface area contributed by atoms with Crippen molar-refractivity contribution < 1.29 is 38.0 Å². The number of likely N-dealkylation sites (N-methyl/N-ethyl adjacent to an activating group) is 1. The third kappa shape index (κ3) is 51.6. The fourth-order valence-corrected chi connectivity index (χ4v) is 9.79. The van der Waals surface area contributed by atoms with Gasteiger partial charge in [0.15, 0.2) is 0 Å². The largest absolute Gasteiger partial charge is 0.472 e. The van der Waals surface area contributed by atoms with Crippen LogP contribution in [0.2, 0.25) is 0 Å². The number of nitrogens with zero attached hydrogens (tertiary/aromatic N) is 1. The minimum atomic E-state index is -4.42. The summed E-state index contributed by atoms with van der Waals surface area (Å²) in [7, 11) is 1.45. The number of unbranched alkanes of at least 4 members (excludes halogenated alkanes) is 37. The van der Waals surface area contributed by atoms with Crippen molar-refractivity contribution in [2.45, 2.75) is 308 Å². The van der Waals surface area contributed by atoms with Gasteiger partial charge in [0.25, 0.3) is 0 Å². The molecule has 0 bridgehead atoms. The molecule has 0 saturated heterocycles. The van der Waals surface area contributed by atoms with Crippen molar-refractivity contribution in [3.8, 4) is 0 Å². The topological polar surface area (TPSA) is 125 Å². The van der Waals surface area contributed by atoms with Crippen molar-refractivity contribution in [2.75, 3.05) is 40.9 Å². The van der Waals surface area contributed by atoms with Crippen LogP contribution in [-0.4, -0.2) is 84.6 Å². The molecule has 1 amide bonds. The summed E-state index contributed by atoms with van der Waals surface area (Å²) in [6, 6.07) is -1.03. The van der Waals surface area contributed by atoms with Gasteiger partial charge < -0.3 is 24.9 Å². The summed E-state index contributed by atoms with van der Waals surface area (Å²) < 4.78 is 23.6. The number of aliphatic hydroxyl groups is 2. The average molecular weight is 999 g/mol. The number of quaternary nitrogens is 1. The highest BCUT2D eigenvalue weighted by atomic mass is 31.2. The lowest BCUT2D eigenvalue weighted by Gasteiger charge is -2.28. The lowest BCUT2D eigenvalue weighted by atomic mass is 9.99. The zero-order chi connectivity index (χ0) is 50.8. The molecule has 0 aliphatic rings. The van der Waals surface area contributed by atoms with Crippen molar-refractivity contribution in [3.63, 3.8) is 0 Å². The molecule has 0 aliphatic heterocycles. The second kappa shape index (κ2) is 50.5. The molecule has 0 aromatic heterocycles. The molecular formula is C59H118N2O7P+. The van der Waals surface area contributed by atoms with Crippen LogP contribution in [0, 0.1) is 0 Å². The van der Waals surface area contributed by atoms with Gasteiger partial charge in [0, 0.05) is 6.42 Å². The van der Waals surface area contributed by atoms with E-state index in [1.807, 2.05) is 21.1 Å². The Hall–Kier alpha value is -1.06. The van der Waals surface area contributed by atoms with E-state index in [0.29, 0.717) is 23.9 Å². The average Bonchev–Trinajstić information content (AvgIpc) is 3.31. The number of hydrogen-bond acceptors (Lipinski definition) is 6. The van der Waals surface area contributed by atoms with Gasteiger partial charge >= 0.3 is 7.82 Å². The minimum Gasteiger partial charge on any atom is -0.390 e. The molecule has 0 fully saturated rings. The minimum absolute atomic E-state index is 0.0242. The molecule has 9 nitrogen and oxygen atoms in total. The van der Waals surface area contributed by atoms with E-state index in [1.54, 1.807) is 0 Å². The summed E-state index contributed by atoms with van der Waals surface area (Å²) in [4.78, 5) is 23.3. The predicted octanol–water partition coefficient (Wildman–Crippen LogP) is 17.0. The molecule has 0 radical (unpaired) electrons. The normalized spacial score (nSPS) is 14.5. The Morgan fingerprint density at radius 1 is 0.507 bits per heavy atom. The summed E-state index contributed by atoms with van der Waals surface area (Å²) >= 11 is 0. The number of nitrogens with one attached hydrogen (secondary N) is 1. The molecule has 69 heavy (non-hydrogen) atoms. The maximum absolute atomic E-state index is 13.0. The highest BCUT2D eigenvalue weighted by molar-refractivity contribution is 7.47. The number of phosphoric ester groups is 1. The lowest BCUT2D eigenvalue weighted by molar-refractivity contribution is -0.870. The molecule has 0 rings (SSSR count). The number of carbonyl (C=O) groups is 1. The summed E-state index contributed by atoms with van der Waals surface area (Å²) in [6.07, 6.45) is 59.9. The zero-order valence-electron chi connectivity index (χ0n) is 46.4. The summed E-state index contributed by atoms with van der Waals surface area (Å²) in [5.41, 5.74) is 0. The van der Waals surface area contributed by atoms with Gasteiger partial charge in [-0.05, 0) is 44.9 Å². The van der Waals surface area contributed by atoms with Crippen molar-refractivity contribution in [3.05, 3.63) is 24.3 Å². The van der Waals surface area contributed by atoms with Crippen LogP contribution in [0.25, 0.3) is 0 Å². The first-order valence-electron chi connectivity index (χ1n) is 29.8. The second-order valence-electron chi connectivity index (χ2n) is 21.9. The zero-order valence-corrected chi connectivity index (χ0v) is 47.3. The quantitative estimate of drug-likeness (QED) is 0.0207. The van der Waals surface area contributed by atoms with E-state index >= 15 is 0 Å². The van der Waals surface area contributed by atoms with E-state index in [-0.39, 0.29) is 12.5 Å². The van der Waals surface area contributed by atoms with Gasteiger partial charge in [-0.15, -0.1) is 0 Å². The van der Waals surface area contributed by atoms with Crippen LogP contribution in [0.1, 0.15) is 290 Å². The van der Waals surface area contributed by atoms with Crippen LogP contribution in [0.3, 0.4) is 0 Å². The Labute approximate surface area is 428 Å². The molecule has 0 spiro atoms. The highest BCUT2D eigenvalue weighted by Crippen LogP contribution is 2.43. The van der Waals surface area contributed by atoms with Gasteiger partial charge in [0.1, 0.15) is 19.3 Å². The molecule has 0 heterocycles. The smallest absolute Gasteiger partial charge is 0.390 e. The maximum atomic E-state index is 13.0. The molecule has 4 unspecified atom stereocenters. The van der Waals surface area contributed by atoms with Crippen LogP contribution >= 0.6 is 7.82 Å². The summed E-state index contributed by atoms with van der Waals surface area (Å²) in [5.74, 6) is -0.253. The van der Waals surface area contributed by atoms with E-state index in [2.05, 4.69) is 43.5 Å². The third-order valence-corrected chi connectivity index (χ3v) is 14.8. The first kappa shape index (κ1) is 67.9. The lowest BCUT2D eigenvalue weighted by Crippen LogP contribution is -2.51. The number of rotatable bonds is 55. The monoisotopic (exact) mass is 998 g/mol.